The number of pyridine rings is 1. The molecule has 0 aromatic carbocycles. The number of nitrogens with one attached hydrogen (secondary N) is 1. The Morgan fingerprint density at radius 1 is 1.25 bits per heavy atom. The van der Waals surface area contributed by atoms with Crippen molar-refractivity contribution in [1.29, 1.82) is 0 Å². The fraction of sp³-hybridized carbons (Fsp3) is 0.417. The summed E-state index contributed by atoms with van der Waals surface area (Å²) in [5.41, 5.74) is 1.23. The number of aryl methyl sites for hydroxylation is 3. The van der Waals surface area contributed by atoms with Crippen molar-refractivity contribution in [3.8, 4) is 0 Å². The third-order valence-corrected chi connectivity index (χ3v) is 2.42. The van der Waals surface area contributed by atoms with E-state index in [1.807, 2.05) is 12.3 Å². The number of hydrogen-bond acceptors (Lipinski definition) is 3. The summed E-state index contributed by atoms with van der Waals surface area (Å²) < 4.78 is 0. The molecule has 0 aliphatic rings. The second-order valence-electron chi connectivity index (χ2n) is 3.81. The summed E-state index contributed by atoms with van der Waals surface area (Å²) >= 11 is 0. The van der Waals surface area contributed by atoms with Gasteiger partial charge in [0.2, 0.25) is 0 Å². The van der Waals surface area contributed by atoms with Gasteiger partial charge in [0.05, 0.1) is 0 Å². The number of rotatable bonds is 5. The molecule has 84 valence electrons. The van der Waals surface area contributed by atoms with E-state index in [4.69, 9.17) is 0 Å². The van der Waals surface area contributed by atoms with E-state index in [2.05, 4.69) is 33.2 Å². The Morgan fingerprint density at radius 2 is 2.19 bits per heavy atom. The first-order valence-corrected chi connectivity index (χ1v) is 5.67. The molecule has 0 radical (unpaired) electrons. The van der Waals surface area contributed by atoms with Gasteiger partial charge >= 0.3 is 0 Å². The Labute approximate surface area is 95.1 Å². The zero-order valence-corrected chi connectivity index (χ0v) is 9.48. The fourth-order valence-electron chi connectivity index (χ4n) is 1.60. The van der Waals surface area contributed by atoms with E-state index < -0.39 is 0 Å². The van der Waals surface area contributed by atoms with E-state index in [-0.39, 0.29) is 0 Å². The third kappa shape index (κ3) is 2.89. The third-order valence-electron chi connectivity index (χ3n) is 2.42. The molecular formula is C12H16N4. The molecule has 2 aromatic heterocycles. The predicted molar refractivity (Wildman–Crippen MR) is 62.0 cm³/mol. The van der Waals surface area contributed by atoms with Crippen molar-refractivity contribution in [3.05, 3.63) is 41.7 Å². The van der Waals surface area contributed by atoms with E-state index in [0.29, 0.717) is 0 Å². The van der Waals surface area contributed by atoms with Crippen LogP contribution in [0.3, 0.4) is 0 Å². The molecule has 1 N–H and O–H groups in total. The van der Waals surface area contributed by atoms with E-state index in [9.17, 15) is 0 Å². The van der Waals surface area contributed by atoms with Crippen LogP contribution < -0.4 is 0 Å². The van der Waals surface area contributed by atoms with Crippen LogP contribution in [0.4, 0.5) is 0 Å². The lowest BCUT2D eigenvalue weighted by molar-refractivity contribution is 0.840. The van der Waals surface area contributed by atoms with Gasteiger partial charge in [-0.05, 0) is 24.5 Å². The normalized spacial score (nSPS) is 10.6. The molecule has 0 bridgehead atoms. The van der Waals surface area contributed by atoms with Gasteiger partial charge in [-0.3, -0.25) is 10.1 Å². The zero-order valence-electron chi connectivity index (χ0n) is 9.48. The molecule has 0 amide bonds. The lowest BCUT2D eigenvalue weighted by Gasteiger charge is -1.96. The summed E-state index contributed by atoms with van der Waals surface area (Å²) in [6.07, 6.45) is 7.55. The Bertz CT molecular complexity index is 422. The number of nitrogens with zero attached hydrogens (tertiary/aromatic N) is 3. The maximum absolute atomic E-state index is 4.43. The van der Waals surface area contributed by atoms with Gasteiger partial charge in [0.15, 0.2) is 5.82 Å². The fourth-order valence-corrected chi connectivity index (χ4v) is 1.60. The quantitative estimate of drug-likeness (QED) is 0.831. The Hall–Kier alpha value is -1.71. The van der Waals surface area contributed by atoms with Gasteiger partial charge in [0.1, 0.15) is 5.82 Å². The van der Waals surface area contributed by atoms with Gasteiger partial charge in [-0.25, -0.2) is 4.98 Å². The van der Waals surface area contributed by atoms with Crippen LogP contribution >= 0.6 is 0 Å². The minimum Gasteiger partial charge on any atom is -0.264 e. The van der Waals surface area contributed by atoms with Crippen LogP contribution in [-0.4, -0.2) is 20.2 Å². The van der Waals surface area contributed by atoms with E-state index >= 15 is 0 Å². The van der Waals surface area contributed by atoms with Crippen molar-refractivity contribution in [2.24, 2.45) is 0 Å². The monoisotopic (exact) mass is 216 g/mol. The van der Waals surface area contributed by atoms with Crippen molar-refractivity contribution < 1.29 is 0 Å². The average Bonchev–Trinajstić information content (AvgIpc) is 2.76. The molecule has 4 nitrogen and oxygen atoms in total. The Kier molecular flexibility index (Phi) is 3.64. The van der Waals surface area contributed by atoms with Crippen LogP contribution in [0.5, 0.6) is 0 Å². The zero-order chi connectivity index (χ0) is 11.2. The minimum atomic E-state index is 0.867. The first kappa shape index (κ1) is 10.8. The van der Waals surface area contributed by atoms with Crippen molar-refractivity contribution in [1.82, 2.24) is 20.2 Å². The molecule has 0 saturated heterocycles. The van der Waals surface area contributed by atoms with Crippen LogP contribution in [0.1, 0.15) is 30.6 Å². The molecule has 4 heteroatoms. The summed E-state index contributed by atoms with van der Waals surface area (Å²) in [4.78, 5) is 8.51. The molecule has 0 unspecified atom stereocenters. The van der Waals surface area contributed by atoms with Gasteiger partial charge in [-0.1, -0.05) is 13.0 Å². The Morgan fingerprint density at radius 3 is 2.94 bits per heavy atom. The molecule has 2 aromatic rings. The highest BCUT2D eigenvalue weighted by Crippen LogP contribution is 2.03. The maximum Gasteiger partial charge on any atom is 0.151 e. The first-order valence-electron chi connectivity index (χ1n) is 5.67. The first-order chi connectivity index (χ1) is 7.88. The lowest BCUT2D eigenvalue weighted by atomic mass is 10.1. The van der Waals surface area contributed by atoms with Gasteiger partial charge in [-0.15, -0.1) is 0 Å². The van der Waals surface area contributed by atoms with E-state index in [0.717, 1.165) is 37.3 Å². The van der Waals surface area contributed by atoms with Crippen LogP contribution in [0.15, 0.2) is 24.5 Å². The molecule has 0 spiro atoms. The number of hydrogen-bond donors (Lipinski definition) is 1. The van der Waals surface area contributed by atoms with E-state index in [1.54, 1.807) is 6.20 Å². The highest BCUT2D eigenvalue weighted by atomic mass is 15.2. The summed E-state index contributed by atoms with van der Waals surface area (Å²) in [6.45, 7) is 2.14. The van der Waals surface area contributed by atoms with Crippen LogP contribution in [0, 0.1) is 0 Å². The maximum atomic E-state index is 4.43. The summed E-state index contributed by atoms with van der Waals surface area (Å²) in [7, 11) is 0. The Balaban J connectivity index is 1.89. The second kappa shape index (κ2) is 5.39. The van der Waals surface area contributed by atoms with E-state index in [1.165, 1.54) is 5.56 Å². The average molecular weight is 216 g/mol. The smallest absolute Gasteiger partial charge is 0.151 e. The molecule has 0 fully saturated rings. The molecule has 0 aliphatic carbocycles. The van der Waals surface area contributed by atoms with Crippen LogP contribution in [-0.2, 0) is 19.3 Å². The SMILES string of the molecule is CCCc1nc(CCc2cccnc2)n[nH]1. The van der Waals surface area contributed by atoms with Crippen molar-refractivity contribution in [3.63, 3.8) is 0 Å². The molecular weight excluding hydrogens is 200 g/mol. The predicted octanol–water partition coefficient (Wildman–Crippen LogP) is 1.94. The highest BCUT2D eigenvalue weighted by Gasteiger charge is 2.02. The highest BCUT2D eigenvalue weighted by molar-refractivity contribution is 5.09. The van der Waals surface area contributed by atoms with Crippen LogP contribution in [0.25, 0.3) is 0 Å². The largest absolute Gasteiger partial charge is 0.264 e. The second-order valence-corrected chi connectivity index (χ2v) is 3.81. The summed E-state index contributed by atoms with van der Waals surface area (Å²) in [5, 5.41) is 7.16. The summed E-state index contributed by atoms with van der Waals surface area (Å²) in [6, 6.07) is 4.03. The van der Waals surface area contributed by atoms with Gasteiger partial charge < -0.3 is 0 Å². The molecule has 0 atom stereocenters. The number of aromatic nitrogens is 4. The molecule has 0 saturated carbocycles. The van der Waals surface area contributed by atoms with Gasteiger partial charge in [0.25, 0.3) is 0 Å². The van der Waals surface area contributed by atoms with Gasteiger partial charge in [-0.2, -0.15) is 5.10 Å². The molecule has 0 aliphatic heterocycles. The minimum absolute atomic E-state index is 0.867. The van der Waals surface area contributed by atoms with Crippen LogP contribution in [0.2, 0.25) is 0 Å². The number of aromatic amines is 1. The number of H-pyrrole nitrogens is 1. The molecule has 2 heterocycles. The standard InChI is InChI=1S/C12H16N4/c1-2-4-11-14-12(16-15-11)7-6-10-5-3-8-13-9-10/h3,5,8-9H,2,4,6-7H2,1H3,(H,14,15,16). The molecule has 16 heavy (non-hydrogen) atoms. The van der Waals surface area contributed by atoms with Gasteiger partial charge in [0, 0.05) is 25.2 Å². The van der Waals surface area contributed by atoms with Crippen molar-refractivity contribution in [2.45, 2.75) is 32.6 Å². The van der Waals surface area contributed by atoms with Crippen molar-refractivity contribution >= 4 is 0 Å². The topological polar surface area (TPSA) is 54.5 Å². The lowest BCUT2D eigenvalue weighted by Crippen LogP contribution is -1.94. The summed E-state index contributed by atoms with van der Waals surface area (Å²) in [5.74, 6) is 1.89. The molecule has 2 rings (SSSR count). The van der Waals surface area contributed by atoms with Crippen molar-refractivity contribution in [2.75, 3.05) is 0 Å².